The van der Waals surface area contributed by atoms with Crippen LogP contribution in [0.4, 0.5) is 10.2 Å². The van der Waals surface area contributed by atoms with E-state index in [-0.39, 0.29) is 18.1 Å². The molecule has 0 radical (unpaired) electrons. The Kier molecular flexibility index (Phi) is 4.80. The van der Waals surface area contributed by atoms with Crippen LogP contribution in [0.1, 0.15) is 34.1 Å². The normalized spacial score (nSPS) is 23.6. The Morgan fingerprint density at radius 3 is 2.68 bits per heavy atom. The Bertz CT molecular complexity index is 954. The van der Waals surface area contributed by atoms with Gasteiger partial charge in [-0.15, -0.1) is 0 Å². The van der Waals surface area contributed by atoms with Crippen LogP contribution in [-0.2, 0) is 9.31 Å². The second-order valence-corrected chi connectivity index (χ2v) is 8.83. The van der Waals surface area contributed by atoms with Crippen LogP contribution in [0.15, 0.2) is 41.8 Å². The van der Waals surface area contributed by atoms with Crippen molar-refractivity contribution in [2.45, 2.75) is 51.1 Å². The van der Waals surface area contributed by atoms with E-state index in [9.17, 15) is 4.39 Å². The van der Waals surface area contributed by atoms with Gasteiger partial charge >= 0.3 is 7.12 Å². The summed E-state index contributed by atoms with van der Waals surface area (Å²) in [5.41, 5.74) is 0.637. The Morgan fingerprint density at radius 1 is 1.29 bits per heavy atom. The molecule has 5 nitrogen and oxygen atoms in total. The van der Waals surface area contributed by atoms with Gasteiger partial charge in [0, 0.05) is 34.8 Å². The third kappa shape index (κ3) is 3.47. The molecule has 0 amide bonds. The van der Waals surface area contributed by atoms with Gasteiger partial charge in [0.05, 0.1) is 16.7 Å². The maximum atomic E-state index is 14.8. The smallest absolute Gasteiger partial charge is 0.403 e. The van der Waals surface area contributed by atoms with Crippen molar-refractivity contribution < 1.29 is 13.7 Å². The van der Waals surface area contributed by atoms with Gasteiger partial charge < -0.3 is 14.6 Å². The highest BCUT2D eigenvalue weighted by molar-refractivity contribution is 6.48. The summed E-state index contributed by atoms with van der Waals surface area (Å²) in [7, 11) is -0.445. The first-order valence-electron chi connectivity index (χ1n) is 9.45. The minimum atomic E-state index is -0.445. The van der Waals surface area contributed by atoms with E-state index in [1.807, 2.05) is 52.0 Å². The van der Waals surface area contributed by atoms with Crippen molar-refractivity contribution in [2.75, 3.05) is 11.9 Å². The number of halogens is 2. The highest BCUT2D eigenvalue weighted by atomic mass is 35.5. The Morgan fingerprint density at radius 2 is 2.00 bits per heavy atom. The first-order chi connectivity index (χ1) is 13.2. The fraction of sp³-hybridized carbons (Fsp3) is 0.450. The number of allylic oxidation sites excluding steroid dienone is 2. The van der Waals surface area contributed by atoms with E-state index >= 15 is 0 Å². The molecule has 148 valence electrons. The quantitative estimate of drug-likeness (QED) is 0.682. The fourth-order valence-corrected chi connectivity index (χ4v) is 3.61. The number of nitrogens with zero attached hydrogens (tertiary/aromatic N) is 1. The van der Waals surface area contributed by atoms with E-state index in [0.29, 0.717) is 23.0 Å². The van der Waals surface area contributed by atoms with Crippen LogP contribution in [0.2, 0.25) is 10.8 Å². The van der Waals surface area contributed by atoms with E-state index < -0.39 is 18.3 Å². The summed E-state index contributed by atoms with van der Waals surface area (Å²) in [6.07, 6.45) is 4.04. The highest BCUT2D eigenvalue weighted by Gasteiger charge is 2.53. The van der Waals surface area contributed by atoms with Crippen molar-refractivity contribution in [3.8, 4) is 0 Å². The molecule has 1 atom stereocenters. The van der Waals surface area contributed by atoms with Crippen LogP contribution in [0.3, 0.4) is 0 Å². The predicted molar refractivity (Wildman–Crippen MR) is 111 cm³/mol. The summed E-state index contributed by atoms with van der Waals surface area (Å²) < 4.78 is 26.9. The van der Waals surface area contributed by atoms with Crippen molar-refractivity contribution in [3.63, 3.8) is 0 Å². The molecule has 1 aromatic carbocycles. The average Bonchev–Trinajstić information content (AvgIpc) is 3.11. The lowest BCUT2D eigenvalue weighted by molar-refractivity contribution is 0.00578. The largest absolute Gasteiger partial charge is 0.465 e. The van der Waals surface area contributed by atoms with Gasteiger partial charge in [0.15, 0.2) is 5.82 Å². The van der Waals surface area contributed by atoms with Crippen molar-refractivity contribution >= 4 is 35.4 Å². The van der Waals surface area contributed by atoms with Gasteiger partial charge in [-0.3, -0.25) is 5.10 Å². The summed E-state index contributed by atoms with van der Waals surface area (Å²) >= 11 is 6.06. The number of hydrogen-bond donors (Lipinski definition) is 2. The lowest BCUT2D eigenvalue weighted by Gasteiger charge is -2.32. The molecular weight excluding hydrogens is 380 g/mol. The second kappa shape index (κ2) is 6.90. The number of H-pyrrole nitrogens is 1. The minimum Gasteiger partial charge on any atom is -0.403 e. The van der Waals surface area contributed by atoms with Crippen LogP contribution in [0, 0.1) is 0 Å². The molecule has 1 fully saturated rings. The van der Waals surface area contributed by atoms with Crippen LogP contribution in [0.5, 0.6) is 0 Å². The summed E-state index contributed by atoms with van der Waals surface area (Å²) in [5.74, 6) is 0.349. The maximum absolute atomic E-state index is 14.8. The molecule has 28 heavy (non-hydrogen) atoms. The third-order valence-corrected chi connectivity index (χ3v) is 6.14. The Balaban J connectivity index is 1.43. The molecule has 1 aromatic heterocycles. The van der Waals surface area contributed by atoms with E-state index in [1.54, 1.807) is 6.07 Å². The van der Waals surface area contributed by atoms with Crippen molar-refractivity contribution in [2.24, 2.45) is 0 Å². The third-order valence-electron chi connectivity index (χ3n) is 5.90. The lowest BCUT2D eigenvalue weighted by atomic mass is 9.67. The highest BCUT2D eigenvalue weighted by Crippen LogP contribution is 2.43. The standard InChI is InChI=1S/C20H24BClFN3O2/c1-19(2)20(3,4)28-21(27-19)13-6-5-12(16(23)9-13)11-24-18-15-10-14(22)7-8-17(15)25-26-18/h5-8,10,13H,9,11H2,1-4H3,(H2,24,25,26). The molecule has 2 heterocycles. The Hall–Kier alpha value is -1.83. The lowest BCUT2D eigenvalue weighted by Crippen LogP contribution is -2.41. The van der Waals surface area contributed by atoms with Crippen LogP contribution >= 0.6 is 11.6 Å². The van der Waals surface area contributed by atoms with E-state index in [4.69, 9.17) is 20.9 Å². The molecule has 0 bridgehead atoms. The molecule has 2 aromatic rings. The van der Waals surface area contributed by atoms with E-state index in [1.165, 1.54) is 0 Å². The molecule has 8 heteroatoms. The first kappa shape index (κ1) is 19.5. The summed E-state index contributed by atoms with van der Waals surface area (Å²) in [6.45, 7) is 8.34. The summed E-state index contributed by atoms with van der Waals surface area (Å²) in [4.78, 5) is 0. The van der Waals surface area contributed by atoms with Crippen molar-refractivity contribution in [3.05, 3.63) is 46.8 Å². The number of fused-ring (bicyclic) bond motifs is 1. The van der Waals surface area contributed by atoms with Crippen LogP contribution in [-0.4, -0.2) is 35.1 Å². The van der Waals surface area contributed by atoms with E-state index in [2.05, 4.69) is 15.5 Å². The maximum Gasteiger partial charge on any atom is 0.465 e. The average molecular weight is 404 g/mol. The zero-order valence-electron chi connectivity index (χ0n) is 16.5. The number of rotatable bonds is 4. The molecule has 0 spiro atoms. The topological polar surface area (TPSA) is 59.2 Å². The predicted octanol–water partition coefficient (Wildman–Crippen LogP) is 5.27. The van der Waals surface area contributed by atoms with Crippen LogP contribution in [0.25, 0.3) is 10.9 Å². The van der Waals surface area contributed by atoms with Crippen LogP contribution < -0.4 is 5.32 Å². The van der Waals surface area contributed by atoms with Crippen molar-refractivity contribution in [1.29, 1.82) is 0 Å². The minimum absolute atomic E-state index is 0.144. The molecule has 2 aliphatic rings. The summed E-state index contributed by atoms with van der Waals surface area (Å²) in [6, 6.07) is 5.50. The number of aromatic nitrogens is 2. The zero-order valence-corrected chi connectivity index (χ0v) is 17.2. The number of aromatic amines is 1. The molecule has 2 N–H and O–H groups in total. The van der Waals surface area contributed by atoms with Gasteiger partial charge in [-0.2, -0.15) is 5.10 Å². The van der Waals surface area contributed by atoms with E-state index in [0.717, 1.165) is 10.9 Å². The SMILES string of the molecule is CC1(C)OB(C2C=CC(CNc3n[nH]c4ccc(Cl)cc34)=C(F)C2)OC1(C)C. The van der Waals surface area contributed by atoms with Crippen molar-refractivity contribution in [1.82, 2.24) is 10.2 Å². The van der Waals surface area contributed by atoms with Gasteiger partial charge in [-0.05, 0) is 45.9 Å². The molecule has 1 unspecified atom stereocenters. The first-order valence-corrected chi connectivity index (χ1v) is 9.83. The number of benzene rings is 1. The van der Waals surface area contributed by atoms with Gasteiger partial charge in [-0.1, -0.05) is 23.8 Å². The Labute approximate surface area is 169 Å². The zero-order chi connectivity index (χ0) is 20.1. The van der Waals surface area contributed by atoms with Gasteiger partial charge in [-0.25, -0.2) is 4.39 Å². The molecule has 0 saturated carbocycles. The molecule has 1 aliphatic heterocycles. The number of nitrogens with one attached hydrogen (secondary N) is 2. The van der Waals surface area contributed by atoms with Gasteiger partial charge in [0.1, 0.15) is 5.83 Å². The van der Waals surface area contributed by atoms with Gasteiger partial charge in [0.25, 0.3) is 0 Å². The molecule has 1 aliphatic carbocycles. The summed E-state index contributed by atoms with van der Waals surface area (Å²) in [5, 5.41) is 11.9. The monoisotopic (exact) mass is 403 g/mol. The second-order valence-electron chi connectivity index (χ2n) is 8.40. The molecule has 4 rings (SSSR count). The molecular formula is C20H24BClFN3O2. The number of hydrogen-bond acceptors (Lipinski definition) is 4. The fourth-order valence-electron chi connectivity index (χ4n) is 3.44. The molecule has 1 saturated heterocycles. The number of anilines is 1. The van der Waals surface area contributed by atoms with Gasteiger partial charge in [0.2, 0.25) is 0 Å².